The Morgan fingerprint density at radius 1 is 1.04 bits per heavy atom. The Hall–Kier alpha value is -1.24. The van der Waals surface area contributed by atoms with Gasteiger partial charge in [-0.05, 0) is 37.9 Å². The maximum absolute atomic E-state index is 12.2. The number of hydrogen-bond donors (Lipinski definition) is 0. The van der Waals surface area contributed by atoms with Gasteiger partial charge in [0.05, 0.1) is 32.1 Å². The second kappa shape index (κ2) is 8.63. The molecule has 0 bridgehead atoms. The van der Waals surface area contributed by atoms with Crippen molar-refractivity contribution in [2.45, 2.75) is 45.6 Å². The highest BCUT2D eigenvalue weighted by atomic mass is 16.5. The van der Waals surface area contributed by atoms with Gasteiger partial charge in [-0.3, -0.25) is 4.79 Å². The van der Waals surface area contributed by atoms with Crippen molar-refractivity contribution in [2.75, 3.05) is 46.1 Å². The van der Waals surface area contributed by atoms with Crippen LogP contribution in [0.15, 0.2) is 16.9 Å². The number of piperidine rings is 1. The minimum atomic E-state index is -0.0400. The summed E-state index contributed by atoms with van der Waals surface area (Å²) in [7, 11) is 0. The smallest absolute Gasteiger partial charge is 0.266 e. The van der Waals surface area contributed by atoms with Crippen LogP contribution in [0.5, 0.6) is 0 Å². The van der Waals surface area contributed by atoms with E-state index in [9.17, 15) is 4.79 Å². The zero-order valence-corrected chi connectivity index (χ0v) is 16.4. The number of hydrogen-bond acceptors (Lipinski definition) is 5. The molecule has 26 heavy (non-hydrogen) atoms. The second-order valence-electron chi connectivity index (χ2n) is 8.75. The highest BCUT2D eigenvalue weighted by Crippen LogP contribution is 2.21. The van der Waals surface area contributed by atoms with Gasteiger partial charge in [0, 0.05) is 30.5 Å². The molecule has 2 aliphatic rings. The van der Waals surface area contributed by atoms with Crippen molar-refractivity contribution >= 4 is 0 Å². The van der Waals surface area contributed by atoms with Crippen LogP contribution in [-0.2, 0) is 21.4 Å². The summed E-state index contributed by atoms with van der Waals surface area (Å²) in [5.41, 5.74) is 0.942. The first-order valence-corrected chi connectivity index (χ1v) is 9.88. The fraction of sp³-hybridized carbons (Fsp3) is 0.800. The molecule has 146 valence electrons. The quantitative estimate of drug-likeness (QED) is 0.818. The summed E-state index contributed by atoms with van der Waals surface area (Å²) in [6.07, 6.45) is 2.23. The van der Waals surface area contributed by atoms with E-state index in [2.05, 4.69) is 30.8 Å². The maximum Gasteiger partial charge on any atom is 0.266 e. The van der Waals surface area contributed by atoms with Gasteiger partial charge in [-0.1, -0.05) is 20.8 Å². The molecule has 0 aliphatic carbocycles. The normalized spacial score (nSPS) is 21.7. The van der Waals surface area contributed by atoms with Crippen LogP contribution in [0.4, 0.5) is 0 Å². The van der Waals surface area contributed by atoms with Crippen LogP contribution in [-0.4, -0.2) is 60.7 Å². The molecule has 0 N–H and O–H groups in total. The fourth-order valence-corrected chi connectivity index (χ4v) is 3.71. The third kappa shape index (κ3) is 5.38. The van der Waals surface area contributed by atoms with Gasteiger partial charge >= 0.3 is 0 Å². The summed E-state index contributed by atoms with van der Waals surface area (Å²) in [4.78, 5) is 14.7. The molecule has 0 amide bonds. The van der Waals surface area contributed by atoms with Gasteiger partial charge in [0.1, 0.15) is 0 Å². The van der Waals surface area contributed by atoms with Crippen LogP contribution in [0.2, 0.25) is 0 Å². The van der Waals surface area contributed by atoms with E-state index in [1.54, 1.807) is 10.7 Å². The zero-order valence-electron chi connectivity index (χ0n) is 16.4. The standard InChI is InChI=1S/C20H33N3O3/c1-20(2,3)18-4-5-19(24)23(21-18)13-16-6-8-22(9-7-16)12-17-14-25-10-11-26-15-17/h4-5,16-17H,6-15H2,1-3H3. The SMILES string of the molecule is CC(C)(C)c1ccc(=O)n(CC2CCN(CC3COCCOC3)CC2)n1. The molecule has 3 rings (SSSR count). The van der Waals surface area contributed by atoms with Gasteiger partial charge in [-0.25, -0.2) is 4.68 Å². The van der Waals surface area contributed by atoms with Gasteiger partial charge in [-0.15, -0.1) is 0 Å². The maximum atomic E-state index is 12.2. The van der Waals surface area contributed by atoms with Crippen molar-refractivity contribution in [3.05, 3.63) is 28.2 Å². The topological polar surface area (TPSA) is 56.6 Å². The van der Waals surface area contributed by atoms with Crippen LogP contribution < -0.4 is 5.56 Å². The van der Waals surface area contributed by atoms with Crippen LogP contribution >= 0.6 is 0 Å². The minimum absolute atomic E-state index is 0.00758. The Morgan fingerprint density at radius 3 is 2.31 bits per heavy atom. The van der Waals surface area contributed by atoms with Crippen molar-refractivity contribution in [1.29, 1.82) is 0 Å². The van der Waals surface area contributed by atoms with Crippen molar-refractivity contribution in [3.63, 3.8) is 0 Å². The molecular formula is C20H33N3O3. The predicted molar refractivity (Wildman–Crippen MR) is 101 cm³/mol. The lowest BCUT2D eigenvalue weighted by Crippen LogP contribution is -2.40. The monoisotopic (exact) mass is 363 g/mol. The first-order chi connectivity index (χ1) is 12.4. The summed E-state index contributed by atoms with van der Waals surface area (Å²) < 4.78 is 12.9. The van der Waals surface area contributed by atoms with E-state index in [0.717, 1.165) is 57.9 Å². The third-order valence-corrected chi connectivity index (χ3v) is 5.37. The second-order valence-corrected chi connectivity index (χ2v) is 8.75. The number of ether oxygens (including phenoxy) is 2. The van der Waals surface area contributed by atoms with E-state index < -0.39 is 0 Å². The van der Waals surface area contributed by atoms with Gasteiger partial charge in [0.2, 0.25) is 0 Å². The molecule has 2 aliphatic heterocycles. The first kappa shape index (κ1) is 19.5. The predicted octanol–water partition coefficient (Wildman–Crippen LogP) is 1.92. The highest BCUT2D eigenvalue weighted by Gasteiger charge is 2.24. The lowest BCUT2D eigenvalue weighted by Gasteiger charge is -2.34. The van der Waals surface area contributed by atoms with E-state index in [0.29, 0.717) is 25.0 Å². The largest absolute Gasteiger partial charge is 0.379 e. The summed E-state index contributed by atoms with van der Waals surface area (Å²) in [6.45, 7) is 13.4. The van der Waals surface area contributed by atoms with Gasteiger partial charge in [0.15, 0.2) is 0 Å². The van der Waals surface area contributed by atoms with Crippen LogP contribution in [0, 0.1) is 11.8 Å². The molecule has 1 aromatic rings. The highest BCUT2D eigenvalue weighted by molar-refractivity contribution is 5.10. The minimum Gasteiger partial charge on any atom is -0.379 e. The Morgan fingerprint density at radius 2 is 1.69 bits per heavy atom. The summed E-state index contributed by atoms with van der Waals surface area (Å²) in [5.74, 6) is 0.995. The molecule has 0 unspecified atom stereocenters. The molecule has 6 heteroatoms. The summed E-state index contributed by atoms with van der Waals surface area (Å²) in [6, 6.07) is 3.52. The molecule has 3 heterocycles. The lowest BCUT2D eigenvalue weighted by molar-refractivity contribution is 0.0849. The molecule has 0 atom stereocenters. The zero-order chi connectivity index (χ0) is 18.6. The Balaban J connectivity index is 1.52. The van der Waals surface area contributed by atoms with Crippen molar-refractivity contribution < 1.29 is 9.47 Å². The van der Waals surface area contributed by atoms with Crippen molar-refractivity contribution in [1.82, 2.24) is 14.7 Å². The average Bonchev–Trinajstić information content (AvgIpc) is 2.86. The molecule has 0 radical (unpaired) electrons. The summed E-state index contributed by atoms with van der Waals surface area (Å²) in [5, 5.41) is 4.62. The Kier molecular flexibility index (Phi) is 6.48. The molecule has 2 saturated heterocycles. The Bertz CT molecular complexity index is 622. The van der Waals surface area contributed by atoms with Crippen molar-refractivity contribution in [2.24, 2.45) is 11.8 Å². The molecule has 1 aromatic heterocycles. The first-order valence-electron chi connectivity index (χ1n) is 9.88. The number of aromatic nitrogens is 2. The fourth-order valence-electron chi connectivity index (χ4n) is 3.71. The van der Waals surface area contributed by atoms with Gasteiger partial charge in [-0.2, -0.15) is 5.10 Å². The molecule has 2 fully saturated rings. The molecule has 0 aromatic carbocycles. The van der Waals surface area contributed by atoms with Crippen LogP contribution in [0.1, 0.15) is 39.3 Å². The molecule has 0 spiro atoms. The van der Waals surface area contributed by atoms with E-state index in [1.807, 2.05) is 6.07 Å². The third-order valence-electron chi connectivity index (χ3n) is 5.37. The van der Waals surface area contributed by atoms with Crippen LogP contribution in [0.3, 0.4) is 0 Å². The van der Waals surface area contributed by atoms with E-state index in [-0.39, 0.29) is 11.0 Å². The van der Waals surface area contributed by atoms with Crippen molar-refractivity contribution in [3.8, 4) is 0 Å². The molecular weight excluding hydrogens is 330 g/mol. The number of nitrogens with zero attached hydrogens (tertiary/aromatic N) is 3. The summed E-state index contributed by atoms with van der Waals surface area (Å²) >= 11 is 0. The van der Waals surface area contributed by atoms with E-state index >= 15 is 0 Å². The lowest BCUT2D eigenvalue weighted by atomic mass is 9.92. The van der Waals surface area contributed by atoms with Crippen LogP contribution in [0.25, 0.3) is 0 Å². The van der Waals surface area contributed by atoms with Gasteiger partial charge < -0.3 is 14.4 Å². The van der Waals surface area contributed by atoms with E-state index in [4.69, 9.17) is 9.47 Å². The van der Waals surface area contributed by atoms with E-state index in [1.165, 1.54) is 0 Å². The number of rotatable bonds is 4. The molecule has 0 saturated carbocycles. The van der Waals surface area contributed by atoms with Gasteiger partial charge in [0.25, 0.3) is 5.56 Å². The Labute approximate surface area is 156 Å². The number of likely N-dealkylation sites (tertiary alicyclic amines) is 1. The average molecular weight is 364 g/mol. The molecule has 6 nitrogen and oxygen atoms in total.